The molecule has 0 unspecified atom stereocenters. The molecular formula is C22H23N5O3S2. The summed E-state index contributed by atoms with van der Waals surface area (Å²) in [5.41, 5.74) is 2.40. The summed E-state index contributed by atoms with van der Waals surface area (Å²) in [4.78, 5) is 30.1. The van der Waals surface area contributed by atoms with Crippen LogP contribution in [0.1, 0.15) is 33.6 Å². The van der Waals surface area contributed by atoms with Crippen molar-refractivity contribution in [2.45, 2.75) is 37.4 Å². The number of carbonyl (C=O) groups excluding carboxylic acids is 2. The topological polar surface area (TPSA) is 99.0 Å². The standard InChI is InChI=1S/C22H23N5O3S2/c1-3-11-27-19(14-6-5-10-23-13-14)25-26-22(27)31-12-9-17(28)24-20-18(21(29)30-2)15-7-4-8-16(15)32-20/h3,5-6,10,13H,1,4,7-9,11-12H2,2H3,(H,24,28). The molecule has 8 nitrogen and oxygen atoms in total. The van der Waals surface area contributed by atoms with Crippen LogP contribution in [-0.4, -0.2) is 44.5 Å². The molecule has 1 amide bonds. The van der Waals surface area contributed by atoms with Crippen LogP contribution in [0.3, 0.4) is 0 Å². The fourth-order valence-electron chi connectivity index (χ4n) is 3.63. The predicted octanol–water partition coefficient (Wildman–Crippen LogP) is 3.98. The third-order valence-electron chi connectivity index (χ3n) is 5.07. The first-order valence-electron chi connectivity index (χ1n) is 10.2. The molecule has 3 aromatic rings. The van der Waals surface area contributed by atoms with E-state index in [1.54, 1.807) is 18.5 Å². The number of carbonyl (C=O) groups is 2. The second-order valence-electron chi connectivity index (χ2n) is 7.15. The number of ether oxygens (including phenoxy) is 1. The van der Waals surface area contributed by atoms with Crippen molar-refractivity contribution in [3.63, 3.8) is 0 Å². The first-order chi connectivity index (χ1) is 15.6. The van der Waals surface area contributed by atoms with Gasteiger partial charge < -0.3 is 10.1 Å². The highest BCUT2D eigenvalue weighted by Crippen LogP contribution is 2.39. The summed E-state index contributed by atoms with van der Waals surface area (Å²) in [7, 11) is 1.36. The summed E-state index contributed by atoms with van der Waals surface area (Å²) in [6, 6.07) is 3.78. The monoisotopic (exact) mass is 469 g/mol. The van der Waals surface area contributed by atoms with Gasteiger partial charge in [0.25, 0.3) is 0 Å². The van der Waals surface area contributed by atoms with Crippen molar-refractivity contribution in [1.29, 1.82) is 0 Å². The van der Waals surface area contributed by atoms with E-state index in [4.69, 9.17) is 4.74 Å². The first kappa shape index (κ1) is 22.2. The minimum Gasteiger partial charge on any atom is -0.465 e. The lowest BCUT2D eigenvalue weighted by Gasteiger charge is -2.08. The van der Waals surface area contributed by atoms with Gasteiger partial charge in [0.05, 0.1) is 12.7 Å². The van der Waals surface area contributed by atoms with Gasteiger partial charge in [-0.25, -0.2) is 4.79 Å². The normalized spacial score (nSPS) is 12.4. The molecule has 0 saturated heterocycles. The average Bonchev–Trinajstić information content (AvgIpc) is 3.49. The fourth-order valence-corrected chi connectivity index (χ4v) is 5.81. The Balaban J connectivity index is 1.41. The van der Waals surface area contributed by atoms with E-state index in [1.807, 2.05) is 16.7 Å². The van der Waals surface area contributed by atoms with Gasteiger partial charge in [-0.3, -0.25) is 14.3 Å². The number of aryl methyl sites for hydroxylation is 1. The van der Waals surface area contributed by atoms with Gasteiger partial charge in [-0.05, 0) is 37.0 Å². The van der Waals surface area contributed by atoms with Gasteiger partial charge in [0, 0.05) is 41.6 Å². The second kappa shape index (κ2) is 10.1. The number of rotatable bonds is 9. The van der Waals surface area contributed by atoms with Crippen molar-refractivity contribution in [3.8, 4) is 11.4 Å². The van der Waals surface area contributed by atoms with Gasteiger partial charge in [-0.1, -0.05) is 17.8 Å². The predicted molar refractivity (Wildman–Crippen MR) is 125 cm³/mol. The zero-order valence-electron chi connectivity index (χ0n) is 17.7. The SMILES string of the molecule is C=CCn1c(SCCC(=O)Nc2sc3c(c2C(=O)OC)CCC3)nnc1-c1cccnc1. The van der Waals surface area contributed by atoms with Crippen molar-refractivity contribution >= 4 is 40.0 Å². The number of esters is 1. The smallest absolute Gasteiger partial charge is 0.341 e. The highest BCUT2D eigenvalue weighted by Gasteiger charge is 2.28. The largest absolute Gasteiger partial charge is 0.465 e. The Kier molecular flexibility index (Phi) is 7.01. The van der Waals surface area contributed by atoms with Crippen LogP contribution >= 0.6 is 23.1 Å². The molecule has 0 spiro atoms. The molecule has 0 atom stereocenters. The van der Waals surface area contributed by atoms with Crippen molar-refractivity contribution in [2.75, 3.05) is 18.2 Å². The third kappa shape index (κ3) is 4.61. The van der Waals surface area contributed by atoms with Crippen LogP contribution in [0.2, 0.25) is 0 Å². The van der Waals surface area contributed by atoms with Gasteiger partial charge in [0.15, 0.2) is 11.0 Å². The number of thioether (sulfide) groups is 1. The second-order valence-corrected chi connectivity index (χ2v) is 9.31. The van der Waals surface area contributed by atoms with E-state index in [-0.39, 0.29) is 12.3 Å². The molecule has 4 rings (SSSR count). The molecule has 0 saturated carbocycles. The molecule has 10 heteroatoms. The van der Waals surface area contributed by atoms with Gasteiger partial charge >= 0.3 is 5.97 Å². The summed E-state index contributed by atoms with van der Waals surface area (Å²) in [6.07, 6.45) is 8.32. The zero-order valence-corrected chi connectivity index (χ0v) is 19.3. The van der Waals surface area contributed by atoms with E-state index in [1.165, 1.54) is 30.2 Å². The van der Waals surface area contributed by atoms with Crippen LogP contribution in [0.5, 0.6) is 0 Å². The number of pyridine rings is 1. The molecular weight excluding hydrogens is 446 g/mol. The Morgan fingerprint density at radius 2 is 2.25 bits per heavy atom. The molecule has 166 valence electrons. The summed E-state index contributed by atoms with van der Waals surface area (Å²) in [5.74, 6) is 0.687. The number of nitrogens with one attached hydrogen (secondary N) is 1. The highest BCUT2D eigenvalue weighted by molar-refractivity contribution is 7.99. The van der Waals surface area contributed by atoms with Gasteiger partial charge in [0.1, 0.15) is 5.00 Å². The number of fused-ring (bicyclic) bond motifs is 1. The number of nitrogens with zero attached hydrogens (tertiary/aromatic N) is 4. The van der Waals surface area contributed by atoms with E-state index < -0.39 is 5.97 Å². The Morgan fingerprint density at radius 3 is 3.00 bits per heavy atom. The molecule has 1 aliphatic carbocycles. The van der Waals surface area contributed by atoms with Crippen molar-refractivity contribution in [2.24, 2.45) is 0 Å². The molecule has 1 N–H and O–H groups in total. The molecule has 0 fully saturated rings. The van der Waals surface area contributed by atoms with Crippen LogP contribution in [0.25, 0.3) is 11.4 Å². The maximum atomic E-state index is 12.6. The summed E-state index contributed by atoms with van der Waals surface area (Å²) in [6.45, 7) is 4.37. The van der Waals surface area contributed by atoms with Gasteiger partial charge in [0.2, 0.25) is 5.91 Å². The number of hydrogen-bond acceptors (Lipinski definition) is 8. The molecule has 0 aliphatic heterocycles. The van der Waals surface area contributed by atoms with E-state index in [0.29, 0.717) is 33.8 Å². The van der Waals surface area contributed by atoms with Crippen molar-refractivity contribution in [3.05, 3.63) is 53.2 Å². The van der Waals surface area contributed by atoms with Crippen LogP contribution in [0.4, 0.5) is 5.00 Å². The van der Waals surface area contributed by atoms with Crippen LogP contribution in [0.15, 0.2) is 42.3 Å². The Morgan fingerprint density at radius 1 is 1.38 bits per heavy atom. The molecule has 0 aromatic carbocycles. The highest BCUT2D eigenvalue weighted by atomic mass is 32.2. The Hall–Kier alpha value is -2.98. The number of anilines is 1. The maximum absolute atomic E-state index is 12.6. The first-order valence-corrected chi connectivity index (χ1v) is 12.0. The number of amides is 1. The van der Waals surface area contributed by atoms with Crippen molar-refractivity contribution in [1.82, 2.24) is 19.7 Å². The number of thiophene rings is 1. The third-order valence-corrected chi connectivity index (χ3v) is 7.25. The van der Waals surface area contributed by atoms with E-state index in [9.17, 15) is 9.59 Å². The number of hydrogen-bond donors (Lipinski definition) is 1. The van der Waals surface area contributed by atoms with E-state index in [2.05, 4.69) is 27.1 Å². The lowest BCUT2D eigenvalue weighted by molar-refractivity contribution is -0.115. The minimum atomic E-state index is -0.394. The van der Waals surface area contributed by atoms with Gasteiger partial charge in [-0.2, -0.15) is 0 Å². The molecule has 3 aromatic heterocycles. The van der Waals surface area contributed by atoms with E-state index in [0.717, 1.165) is 35.3 Å². The molecule has 1 aliphatic rings. The Labute approximate surface area is 194 Å². The molecule has 0 radical (unpaired) electrons. The molecule has 0 bridgehead atoms. The van der Waals surface area contributed by atoms with Crippen LogP contribution < -0.4 is 5.32 Å². The summed E-state index contributed by atoms with van der Waals surface area (Å²) >= 11 is 2.93. The minimum absolute atomic E-state index is 0.148. The summed E-state index contributed by atoms with van der Waals surface area (Å²) < 4.78 is 6.89. The fraction of sp³-hybridized carbons (Fsp3) is 0.318. The average molecular weight is 470 g/mol. The van der Waals surface area contributed by atoms with Crippen molar-refractivity contribution < 1.29 is 14.3 Å². The summed E-state index contributed by atoms with van der Waals surface area (Å²) in [5, 5.41) is 12.8. The zero-order chi connectivity index (χ0) is 22.5. The van der Waals surface area contributed by atoms with E-state index >= 15 is 0 Å². The molecule has 32 heavy (non-hydrogen) atoms. The number of allylic oxidation sites excluding steroid dienone is 1. The lowest BCUT2D eigenvalue weighted by atomic mass is 10.1. The lowest BCUT2D eigenvalue weighted by Crippen LogP contribution is -2.15. The Bertz CT molecular complexity index is 1140. The number of aromatic nitrogens is 4. The molecule has 3 heterocycles. The maximum Gasteiger partial charge on any atom is 0.341 e. The van der Waals surface area contributed by atoms with Crippen LogP contribution in [-0.2, 0) is 28.9 Å². The van der Waals surface area contributed by atoms with Gasteiger partial charge in [-0.15, -0.1) is 28.1 Å². The number of methoxy groups -OCH3 is 1. The quantitative estimate of drug-likeness (QED) is 0.287. The van der Waals surface area contributed by atoms with Crippen LogP contribution in [0, 0.1) is 0 Å².